The molecule has 0 radical (unpaired) electrons. The lowest BCUT2D eigenvalue weighted by molar-refractivity contribution is -0.141. The number of nitrogens with two attached hydrogens (primary N) is 1. The number of carboxylic acid groups (broad SMARTS) is 1. The minimum absolute atomic E-state index is 0.383. The van der Waals surface area contributed by atoms with E-state index >= 15 is 0 Å². The molecule has 3 atom stereocenters. The van der Waals surface area contributed by atoms with Crippen molar-refractivity contribution in [3.8, 4) is 0 Å². The highest BCUT2D eigenvalue weighted by atomic mass is 16.4. The second-order valence-electron chi connectivity index (χ2n) is 5.36. The van der Waals surface area contributed by atoms with Crippen molar-refractivity contribution in [1.29, 1.82) is 0 Å². The summed E-state index contributed by atoms with van der Waals surface area (Å²) in [6, 6.07) is -1.72. The summed E-state index contributed by atoms with van der Waals surface area (Å²) in [6.45, 7) is 5.29. The standard InChI is InChI=1S/C12H21N3O4/c1-7-3-8(2)6-15(5-7)12(19)14-9(11(17)18)4-10(13)16/h7-9H,3-6H2,1-2H3,(H2,13,16)(H,14,19)(H,17,18). The van der Waals surface area contributed by atoms with E-state index in [0.717, 1.165) is 6.42 Å². The van der Waals surface area contributed by atoms with Gasteiger partial charge in [-0.2, -0.15) is 0 Å². The highest BCUT2D eigenvalue weighted by molar-refractivity contribution is 5.87. The number of piperidine rings is 1. The summed E-state index contributed by atoms with van der Waals surface area (Å²) in [7, 11) is 0. The molecule has 0 bridgehead atoms. The van der Waals surface area contributed by atoms with E-state index in [9.17, 15) is 14.4 Å². The van der Waals surface area contributed by atoms with Gasteiger partial charge in [0.05, 0.1) is 6.42 Å². The minimum Gasteiger partial charge on any atom is -0.480 e. The van der Waals surface area contributed by atoms with Crippen LogP contribution in [-0.2, 0) is 9.59 Å². The molecule has 7 nitrogen and oxygen atoms in total. The van der Waals surface area contributed by atoms with E-state index in [-0.39, 0.29) is 0 Å². The summed E-state index contributed by atoms with van der Waals surface area (Å²) in [4.78, 5) is 35.3. The predicted octanol–water partition coefficient (Wildman–Crippen LogP) is 0.00250. The van der Waals surface area contributed by atoms with Crippen LogP contribution in [0.5, 0.6) is 0 Å². The molecule has 0 spiro atoms. The summed E-state index contributed by atoms with van der Waals surface area (Å²) >= 11 is 0. The third-order valence-corrected chi connectivity index (χ3v) is 3.16. The Morgan fingerprint density at radius 1 is 1.32 bits per heavy atom. The van der Waals surface area contributed by atoms with E-state index in [1.807, 2.05) is 13.8 Å². The van der Waals surface area contributed by atoms with Crippen molar-refractivity contribution in [3.63, 3.8) is 0 Å². The number of hydrogen-bond acceptors (Lipinski definition) is 3. The lowest BCUT2D eigenvalue weighted by Gasteiger charge is -2.35. The molecule has 0 aromatic rings. The highest BCUT2D eigenvalue weighted by Gasteiger charge is 2.29. The van der Waals surface area contributed by atoms with E-state index in [4.69, 9.17) is 10.8 Å². The number of likely N-dealkylation sites (tertiary alicyclic amines) is 1. The molecule has 1 fully saturated rings. The number of carbonyl (C=O) groups is 3. The summed E-state index contributed by atoms with van der Waals surface area (Å²) in [5.41, 5.74) is 4.96. The van der Waals surface area contributed by atoms with Crippen molar-refractivity contribution in [3.05, 3.63) is 0 Å². The molecule has 0 aromatic heterocycles. The van der Waals surface area contributed by atoms with Gasteiger partial charge in [0.2, 0.25) is 5.91 Å². The van der Waals surface area contributed by atoms with Crippen LogP contribution in [0.3, 0.4) is 0 Å². The fourth-order valence-electron chi connectivity index (χ4n) is 2.47. The van der Waals surface area contributed by atoms with Gasteiger partial charge in [0, 0.05) is 13.1 Å². The van der Waals surface area contributed by atoms with E-state index in [1.54, 1.807) is 4.90 Å². The van der Waals surface area contributed by atoms with Crippen molar-refractivity contribution in [2.24, 2.45) is 17.6 Å². The molecule has 19 heavy (non-hydrogen) atoms. The lowest BCUT2D eigenvalue weighted by atomic mass is 9.92. The first-order valence-electron chi connectivity index (χ1n) is 6.36. The Hall–Kier alpha value is -1.79. The Morgan fingerprint density at radius 2 is 1.84 bits per heavy atom. The molecule has 0 saturated carbocycles. The Morgan fingerprint density at radius 3 is 2.26 bits per heavy atom. The van der Waals surface area contributed by atoms with Crippen molar-refractivity contribution in [2.45, 2.75) is 32.7 Å². The zero-order valence-electron chi connectivity index (χ0n) is 11.3. The number of nitrogens with zero attached hydrogens (tertiary/aromatic N) is 1. The van der Waals surface area contributed by atoms with Crippen molar-refractivity contribution >= 4 is 17.9 Å². The van der Waals surface area contributed by atoms with Crippen molar-refractivity contribution in [2.75, 3.05) is 13.1 Å². The topological polar surface area (TPSA) is 113 Å². The van der Waals surface area contributed by atoms with Gasteiger partial charge in [-0.05, 0) is 18.3 Å². The van der Waals surface area contributed by atoms with E-state index in [0.29, 0.717) is 24.9 Å². The number of carbonyl (C=O) groups excluding carboxylic acids is 2. The molecule has 3 amide bonds. The third-order valence-electron chi connectivity index (χ3n) is 3.16. The summed E-state index contributed by atoms with van der Waals surface area (Å²) in [5.74, 6) is -1.25. The molecule has 7 heteroatoms. The quantitative estimate of drug-likeness (QED) is 0.668. The van der Waals surface area contributed by atoms with Gasteiger partial charge in [-0.3, -0.25) is 4.79 Å². The maximum Gasteiger partial charge on any atom is 0.326 e. The molecular weight excluding hydrogens is 250 g/mol. The Labute approximate surface area is 112 Å². The Bertz CT molecular complexity index is 362. The first-order valence-corrected chi connectivity index (χ1v) is 6.36. The molecule has 1 aliphatic heterocycles. The van der Waals surface area contributed by atoms with E-state index < -0.39 is 30.4 Å². The highest BCUT2D eigenvalue weighted by Crippen LogP contribution is 2.20. The number of primary amides is 1. The second-order valence-corrected chi connectivity index (χ2v) is 5.36. The number of carboxylic acids is 1. The number of hydrogen-bond donors (Lipinski definition) is 3. The van der Waals surface area contributed by atoms with Crippen LogP contribution in [0.1, 0.15) is 26.7 Å². The van der Waals surface area contributed by atoms with Gasteiger partial charge in [0.15, 0.2) is 0 Å². The summed E-state index contributed by atoms with van der Waals surface area (Å²) < 4.78 is 0. The fourth-order valence-corrected chi connectivity index (χ4v) is 2.47. The number of urea groups is 1. The number of aliphatic carboxylic acids is 1. The number of nitrogens with one attached hydrogen (secondary N) is 1. The molecule has 1 aliphatic rings. The lowest BCUT2D eigenvalue weighted by Crippen LogP contribution is -2.52. The van der Waals surface area contributed by atoms with Crippen LogP contribution in [0.2, 0.25) is 0 Å². The van der Waals surface area contributed by atoms with Gasteiger partial charge >= 0.3 is 12.0 Å². The SMILES string of the molecule is CC1CC(C)CN(C(=O)NC(CC(N)=O)C(=O)O)C1. The third kappa shape index (κ3) is 4.76. The average Bonchev–Trinajstić information content (AvgIpc) is 2.25. The van der Waals surface area contributed by atoms with Crippen LogP contribution in [0.15, 0.2) is 0 Å². The first-order chi connectivity index (χ1) is 8.79. The van der Waals surface area contributed by atoms with Crippen LogP contribution in [0.25, 0.3) is 0 Å². The van der Waals surface area contributed by atoms with Crippen molar-refractivity contribution in [1.82, 2.24) is 10.2 Å². The average molecular weight is 271 g/mol. The zero-order valence-corrected chi connectivity index (χ0v) is 11.3. The maximum atomic E-state index is 12.0. The van der Waals surface area contributed by atoms with Gasteiger partial charge in [-0.15, -0.1) is 0 Å². The second kappa shape index (κ2) is 6.40. The van der Waals surface area contributed by atoms with Gasteiger partial charge in [-0.1, -0.05) is 13.8 Å². The van der Waals surface area contributed by atoms with Gasteiger partial charge < -0.3 is 21.1 Å². The van der Waals surface area contributed by atoms with E-state index in [1.165, 1.54) is 0 Å². The van der Waals surface area contributed by atoms with Crippen LogP contribution in [0, 0.1) is 11.8 Å². The minimum atomic E-state index is -1.27. The fraction of sp³-hybridized carbons (Fsp3) is 0.750. The zero-order chi connectivity index (χ0) is 14.6. The molecular formula is C12H21N3O4. The molecule has 108 valence electrons. The van der Waals surface area contributed by atoms with Crippen LogP contribution in [-0.4, -0.2) is 47.0 Å². The smallest absolute Gasteiger partial charge is 0.326 e. The van der Waals surface area contributed by atoms with Gasteiger partial charge in [-0.25, -0.2) is 9.59 Å². The monoisotopic (exact) mass is 271 g/mol. The molecule has 1 rings (SSSR count). The van der Waals surface area contributed by atoms with Gasteiger partial charge in [0.1, 0.15) is 6.04 Å². The molecule has 1 heterocycles. The number of amides is 3. The predicted molar refractivity (Wildman–Crippen MR) is 68.3 cm³/mol. The largest absolute Gasteiger partial charge is 0.480 e. The normalized spacial score (nSPS) is 24.6. The summed E-state index contributed by atoms with van der Waals surface area (Å²) in [5, 5.41) is 11.3. The number of rotatable bonds is 4. The maximum absolute atomic E-state index is 12.0. The molecule has 4 N–H and O–H groups in total. The molecule has 1 saturated heterocycles. The van der Waals surface area contributed by atoms with Crippen LogP contribution in [0.4, 0.5) is 4.79 Å². The Balaban J connectivity index is 2.61. The molecule has 0 aromatic carbocycles. The van der Waals surface area contributed by atoms with Crippen LogP contribution < -0.4 is 11.1 Å². The van der Waals surface area contributed by atoms with Crippen LogP contribution >= 0.6 is 0 Å². The van der Waals surface area contributed by atoms with Crippen molar-refractivity contribution < 1.29 is 19.5 Å². The van der Waals surface area contributed by atoms with E-state index in [2.05, 4.69) is 5.32 Å². The van der Waals surface area contributed by atoms with Gasteiger partial charge in [0.25, 0.3) is 0 Å². The summed E-state index contributed by atoms with van der Waals surface area (Å²) in [6.07, 6.45) is 0.646. The Kier molecular flexibility index (Phi) is 5.14. The first kappa shape index (κ1) is 15.3. The molecule has 3 unspecified atom stereocenters. The molecule has 0 aliphatic carbocycles.